The van der Waals surface area contributed by atoms with E-state index in [1.807, 2.05) is 0 Å². The number of hydrogen-bond acceptors (Lipinski definition) is 3. The molecule has 0 bridgehead atoms. The number of carbonyl (C=O) groups excluding carboxylic acids is 1. The van der Waals surface area contributed by atoms with E-state index in [1.54, 1.807) is 36.4 Å². The molecule has 0 radical (unpaired) electrons. The molecule has 1 aromatic carbocycles. The molecule has 4 nitrogen and oxygen atoms in total. The van der Waals surface area contributed by atoms with Crippen molar-refractivity contribution in [2.45, 2.75) is 6.54 Å². The van der Waals surface area contributed by atoms with E-state index < -0.39 is 0 Å². The lowest BCUT2D eigenvalue weighted by Gasteiger charge is -2.02. The number of carbonyl (C=O) groups is 1. The summed E-state index contributed by atoms with van der Waals surface area (Å²) in [5.41, 5.74) is 6.92. The van der Waals surface area contributed by atoms with Crippen LogP contribution in [0.25, 0.3) is 6.08 Å². The number of hydrogen-bond donors (Lipinski definition) is 2. The average molecular weight is 271 g/mol. The van der Waals surface area contributed by atoms with Gasteiger partial charge < -0.3 is 11.1 Å². The third-order valence-corrected chi connectivity index (χ3v) is 2.56. The average Bonchev–Trinajstić information content (AvgIpc) is 2.47. The van der Waals surface area contributed by atoms with Crippen LogP contribution in [0.1, 0.15) is 11.3 Å². The van der Waals surface area contributed by atoms with Gasteiger partial charge in [-0.2, -0.15) is 0 Å². The number of aromatic nitrogens is 1. The second kappa shape index (κ2) is 6.58. The zero-order valence-corrected chi connectivity index (χ0v) is 10.7. The Morgan fingerprint density at radius 3 is 2.70 bits per heavy atom. The molecule has 0 unspecified atom stereocenters. The summed E-state index contributed by atoms with van der Waals surface area (Å²) in [6, 6.07) is 11.1. The van der Waals surface area contributed by atoms with Crippen LogP contribution in [0.3, 0.4) is 0 Å². The molecule has 1 amide bonds. The standard InChI is InChI=1S/C15H14FN3O/c16-12-7-4-11(5-8-12)6-9-15(20)19-14-3-1-2-13(10-17)18-14/h1-9H,10,17H2,(H,18,19,20)/b9-6+. The van der Waals surface area contributed by atoms with Crippen molar-refractivity contribution in [3.63, 3.8) is 0 Å². The molecule has 1 heterocycles. The lowest BCUT2D eigenvalue weighted by molar-refractivity contribution is -0.111. The molecule has 0 aliphatic carbocycles. The van der Waals surface area contributed by atoms with Crippen LogP contribution in [0, 0.1) is 5.82 Å². The van der Waals surface area contributed by atoms with Crippen molar-refractivity contribution in [3.8, 4) is 0 Å². The molecule has 0 aliphatic rings. The maximum atomic E-state index is 12.7. The van der Waals surface area contributed by atoms with Crippen LogP contribution in [0.5, 0.6) is 0 Å². The van der Waals surface area contributed by atoms with Crippen molar-refractivity contribution in [2.24, 2.45) is 5.73 Å². The summed E-state index contributed by atoms with van der Waals surface area (Å²) >= 11 is 0. The van der Waals surface area contributed by atoms with E-state index in [4.69, 9.17) is 5.73 Å². The van der Waals surface area contributed by atoms with Crippen LogP contribution in [0.4, 0.5) is 10.2 Å². The highest BCUT2D eigenvalue weighted by Gasteiger charge is 2.00. The number of nitrogens with two attached hydrogens (primary N) is 1. The Labute approximate surface area is 116 Å². The van der Waals surface area contributed by atoms with Crippen molar-refractivity contribution in [1.29, 1.82) is 0 Å². The van der Waals surface area contributed by atoms with Crippen molar-refractivity contribution in [3.05, 3.63) is 65.6 Å². The highest BCUT2D eigenvalue weighted by molar-refractivity contribution is 6.01. The van der Waals surface area contributed by atoms with Gasteiger partial charge in [0, 0.05) is 12.6 Å². The first-order chi connectivity index (χ1) is 9.67. The van der Waals surface area contributed by atoms with E-state index in [0.29, 0.717) is 18.1 Å². The minimum absolute atomic E-state index is 0.309. The molecule has 0 saturated carbocycles. The minimum atomic E-state index is -0.311. The SMILES string of the molecule is NCc1cccc(NC(=O)/C=C/c2ccc(F)cc2)n1. The van der Waals surface area contributed by atoms with Crippen molar-refractivity contribution < 1.29 is 9.18 Å². The molecule has 0 atom stereocenters. The number of anilines is 1. The molecular formula is C15H14FN3O. The quantitative estimate of drug-likeness (QED) is 0.839. The molecule has 0 aliphatic heterocycles. The second-order valence-electron chi connectivity index (χ2n) is 4.09. The van der Waals surface area contributed by atoms with Gasteiger partial charge in [-0.3, -0.25) is 4.79 Å². The van der Waals surface area contributed by atoms with Gasteiger partial charge in [-0.1, -0.05) is 18.2 Å². The Balaban J connectivity index is 1.99. The summed E-state index contributed by atoms with van der Waals surface area (Å²) in [5, 5.41) is 2.63. The Morgan fingerprint density at radius 2 is 2.00 bits per heavy atom. The lowest BCUT2D eigenvalue weighted by Crippen LogP contribution is -2.10. The van der Waals surface area contributed by atoms with Crippen LogP contribution >= 0.6 is 0 Å². The predicted octanol–water partition coefficient (Wildman–Crippen LogP) is 2.33. The van der Waals surface area contributed by atoms with Crippen LogP contribution in [0.15, 0.2) is 48.5 Å². The van der Waals surface area contributed by atoms with Gasteiger partial charge in [-0.05, 0) is 35.9 Å². The summed E-state index contributed by atoms with van der Waals surface area (Å²) in [6.07, 6.45) is 2.96. The Morgan fingerprint density at radius 1 is 1.25 bits per heavy atom. The summed E-state index contributed by atoms with van der Waals surface area (Å²) in [6.45, 7) is 0.315. The fourth-order valence-corrected chi connectivity index (χ4v) is 1.58. The molecule has 1 aromatic heterocycles. The molecule has 3 N–H and O–H groups in total. The maximum Gasteiger partial charge on any atom is 0.249 e. The van der Waals surface area contributed by atoms with Gasteiger partial charge in [0.25, 0.3) is 0 Å². The van der Waals surface area contributed by atoms with Crippen LogP contribution in [0.2, 0.25) is 0 Å². The maximum absolute atomic E-state index is 12.7. The molecular weight excluding hydrogens is 257 g/mol. The van der Waals surface area contributed by atoms with Gasteiger partial charge in [0.15, 0.2) is 0 Å². The third-order valence-electron chi connectivity index (χ3n) is 2.56. The number of halogens is 1. The minimum Gasteiger partial charge on any atom is -0.325 e. The van der Waals surface area contributed by atoms with E-state index in [1.165, 1.54) is 18.2 Å². The Bertz CT molecular complexity index is 623. The first kappa shape index (κ1) is 13.9. The molecule has 0 saturated heterocycles. The van der Waals surface area contributed by atoms with Gasteiger partial charge in [0.1, 0.15) is 11.6 Å². The molecule has 5 heteroatoms. The normalized spacial score (nSPS) is 10.7. The van der Waals surface area contributed by atoms with Gasteiger partial charge >= 0.3 is 0 Å². The van der Waals surface area contributed by atoms with E-state index in [2.05, 4.69) is 10.3 Å². The zero-order chi connectivity index (χ0) is 14.4. The molecule has 2 aromatic rings. The van der Waals surface area contributed by atoms with E-state index in [-0.39, 0.29) is 11.7 Å². The monoisotopic (exact) mass is 271 g/mol. The van der Waals surface area contributed by atoms with E-state index in [0.717, 1.165) is 5.56 Å². The summed E-state index contributed by atoms with van der Waals surface area (Å²) < 4.78 is 12.7. The lowest BCUT2D eigenvalue weighted by atomic mass is 10.2. The molecule has 102 valence electrons. The number of nitrogens with zero attached hydrogens (tertiary/aromatic N) is 1. The van der Waals surface area contributed by atoms with Gasteiger partial charge in [0.2, 0.25) is 5.91 Å². The smallest absolute Gasteiger partial charge is 0.249 e. The second-order valence-corrected chi connectivity index (χ2v) is 4.09. The topological polar surface area (TPSA) is 68.0 Å². The van der Waals surface area contributed by atoms with Crippen LogP contribution in [-0.2, 0) is 11.3 Å². The summed E-state index contributed by atoms with van der Waals surface area (Å²) in [4.78, 5) is 15.9. The van der Waals surface area contributed by atoms with Crippen molar-refractivity contribution >= 4 is 17.8 Å². The fraction of sp³-hybridized carbons (Fsp3) is 0.0667. The molecule has 0 fully saturated rings. The van der Waals surface area contributed by atoms with Crippen LogP contribution < -0.4 is 11.1 Å². The van der Waals surface area contributed by atoms with Crippen molar-refractivity contribution in [2.75, 3.05) is 5.32 Å². The fourth-order valence-electron chi connectivity index (χ4n) is 1.58. The number of pyridine rings is 1. The molecule has 0 spiro atoms. The van der Waals surface area contributed by atoms with Gasteiger partial charge in [-0.15, -0.1) is 0 Å². The summed E-state index contributed by atoms with van der Waals surface area (Å²) in [7, 11) is 0. The number of benzene rings is 1. The number of rotatable bonds is 4. The Kier molecular flexibility index (Phi) is 4.57. The van der Waals surface area contributed by atoms with E-state index in [9.17, 15) is 9.18 Å². The first-order valence-corrected chi connectivity index (χ1v) is 6.08. The Hall–Kier alpha value is -2.53. The first-order valence-electron chi connectivity index (χ1n) is 6.08. The van der Waals surface area contributed by atoms with Gasteiger partial charge in [0.05, 0.1) is 5.69 Å². The predicted molar refractivity (Wildman–Crippen MR) is 76.2 cm³/mol. The van der Waals surface area contributed by atoms with Gasteiger partial charge in [-0.25, -0.2) is 9.37 Å². The largest absolute Gasteiger partial charge is 0.325 e. The van der Waals surface area contributed by atoms with Crippen molar-refractivity contribution in [1.82, 2.24) is 4.98 Å². The number of amides is 1. The third kappa shape index (κ3) is 4.00. The zero-order valence-electron chi connectivity index (χ0n) is 10.7. The molecule has 20 heavy (non-hydrogen) atoms. The van der Waals surface area contributed by atoms with E-state index >= 15 is 0 Å². The highest BCUT2D eigenvalue weighted by Crippen LogP contribution is 2.06. The summed E-state index contributed by atoms with van der Waals surface area (Å²) in [5.74, 6) is -0.174. The molecule has 2 rings (SSSR count). The van der Waals surface area contributed by atoms with Crippen LogP contribution in [-0.4, -0.2) is 10.9 Å². The highest BCUT2D eigenvalue weighted by atomic mass is 19.1. The number of nitrogens with one attached hydrogen (secondary N) is 1.